The molecule has 2 saturated carbocycles. The Bertz CT molecular complexity index is 918. The number of aromatic nitrogens is 2. The highest BCUT2D eigenvalue weighted by Crippen LogP contribution is 2.51. The lowest BCUT2D eigenvalue weighted by Crippen LogP contribution is -2.40. The molecule has 0 radical (unpaired) electrons. The molecule has 1 saturated heterocycles. The van der Waals surface area contributed by atoms with E-state index in [9.17, 15) is 4.79 Å². The summed E-state index contributed by atoms with van der Waals surface area (Å²) in [7, 11) is 0. The van der Waals surface area contributed by atoms with E-state index in [0.717, 1.165) is 56.9 Å². The number of rotatable bonds is 8. The quantitative estimate of drug-likeness (QED) is 0.653. The molecule has 2 aromatic rings. The van der Waals surface area contributed by atoms with Gasteiger partial charge < -0.3 is 19.5 Å². The first-order chi connectivity index (χ1) is 15.2. The summed E-state index contributed by atoms with van der Waals surface area (Å²) in [5.74, 6) is 2.18. The van der Waals surface area contributed by atoms with Crippen molar-refractivity contribution < 1.29 is 14.1 Å². The van der Waals surface area contributed by atoms with Crippen LogP contribution in [0.5, 0.6) is 0 Å². The van der Waals surface area contributed by atoms with Crippen molar-refractivity contribution in [2.24, 2.45) is 0 Å². The average Bonchev–Trinajstić information content (AvgIpc) is 3.73. The number of hydrogen-bond donors (Lipinski definition) is 1. The van der Waals surface area contributed by atoms with Gasteiger partial charge in [0.15, 0.2) is 5.82 Å². The molecule has 2 unspecified atom stereocenters. The lowest BCUT2D eigenvalue weighted by molar-refractivity contribution is 0.104. The fourth-order valence-electron chi connectivity index (χ4n) is 4.73. The van der Waals surface area contributed by atoms with Crippen molar-refractivity contribution >= 4 is 6.09 Å². The third-order valence-electron chi connectivity index (χ3n) is 6.88. The minimum absolute atomic E-state index is 0.146. The summed E-state index contributed by atoms with van der Waals surface area (Å²) in [6, 6.07) is 10.5. The van der Waals surface area contributed by atoms with Crippen LogP contribution in [0.2, 0.25) is 0 Å². The monoisotopic (exact) mass is 422 g/mol. The highest BCUT2D eigenvalue weighted by molar-refractivity contribution is 5.69. The lowest BCUT2D eigenvalue weighted by atomic mass is 9.98. The van der Waals surface area contributed by atoms with Crippen molar-refractivity contribution in [3.63, 3.8) is 0 Å². The maximum absolute atomic E-state index is 12.9. The molecule has 0 spiro atoms. The Labute approximate surface area is 182 Å². The molecule has 1 aliphatic heterocycles. The lowest BCUT2D eigenvalue weighted by Gasteiger charge is -2.26. The second-order valence-corrected chi connectivity index (χ2v) is 9.07. The number of ether oxygens (including phenoxy) is 1. The van der Waals surface area contributed by atoms with Crippen molar-refractivity contribution in [2.45, 2.75) is 55.4 Å². The van der Waals surface area contributed by atoms with Crippen molar-refractivity contribution in [3.8, 4) is 0 Å². The molecule has 1 aromatic carbocycles. The number of benzene rings is 1. The summed E-state index contributed by atoms with van der Waals surface area (Å²) >= 11 is 0. The molecule has 2 heterocycles. The fraction of sp³-hybridized carbons (Fsp3) is 0.542. The van der Waals surface area contributed by atoms with Crippen LogP contribution in [0.15, 0.2) is 47.5 Å². The highest BCUT2D eigenvalue weighted by atomic mass is 16.6. The fourth-order valence-corrected chi connectivity index (χ4v) is 4.73. The number of nitrogens with zero attached hydrogens (tertiary/aromatic N) is 3. The van der Waals surface area contributed by atoms with Gasteiger partial charge in [0.25, 0.3) is 0 Å². The number of amides is 1. The standard InChI is InChI=1S/C24H30N4O3/c1-2-14-30-23(29)28(20-15-19(20)17-6-4-3-5-7-17)16-24(10-11-24)22-26-21(31-27-22)18-8-12-25-13-9-18/h2-7,18-20,25H,1,8-16H2. The van der Waals surface area contributed by atoms with Gasteiger partial charge in [0.2, 0.25) is 5.89 Å². The van der Waals surface area contributed by atoms with Crippen molar-refractivity contribution in [3.05, 3.63) is 60.3 Å². The number of hydrogen-bond acceptors (Lipinski definition) is 6. The van der Waals surface area contributed by atoms with E-state index in [1.54, 1.807) is 6.08 Å². The highest BCUT2D eigenvalue weighted by Gasteiger charge is 2.55. The van der Waals surface area contributed by atoms with E-state index in [4.69, 9.17) is 14.2 Å². The summed E-state index contributed by atoms with van der Waals surface area (Å²) in [6.07, 6.45) is 6.26. The number of carbonyl (C=O) groups is 1. The van der Waals surface area contributed by atoms with E-state index in [1.807, 2.05) is 11.0 Å². The van der Waals surface area contributed by atoms with E-state index in [2.05, 4.69) is 41.3 Å². The van der Waals surface area contributed by atoms with Crippen LogP contribution in [0.3, 0.4) is 0 Å². The average molecular weight is 423 g/mol. The maximum Gasteiger partial charge on any atom is 0.410 e. The van der Waals surface area contributed by atoms with E-state index in [1.165, 1.54) is 5.56 Å². The molecule has 3 fully saturated rings. The summed E-state index contributed by atoms with van der Waals surface area (Å²) in [5.41, 5.74) is 1.05. The zero-order valence-electron chi connectivity index (χ0n) is 17.8. The van der Waals surface area contributed by atoms with Gasteiger partial charge >= 0.3 is 6.09 Å². The molecule has 7 heteroatoms. The predicted molar refractivity (Wildman–Crippen MR) is 116 cm³/mol. The molecule has 7 nitrogen and oxygen atoms in total. The molecule has 1 N–H and O–H groups in total. The Morgan fingerprint density at radius 3 is 2.77 bits per heavy atom. The van der Waals surface area contributed by atoms with Gasteiger partial charge in [-0.3, -0.25) is 0 Å². The number of nitrogens with one attached hydrogen (secondary N) is 1. The van der Waals surface area contributed by atoms with Crippen LogP contribution in [-0.2, 0) is 10.2 Å². The third kappa shape index (κ3) is 4.24. The van der Waals surface area contributed by atoms with Gasteiger partial charge in [-0.25, -0.2) is 4.79 Å². The summed E-state index contributed by atoms with van der Waals surface area (Å²) in [6.45, 7) is 6.42. The second-order valence-electron chi connectivity index (χ2n) is 9.07. The van der Waals surface area contributed by atoms with Crippen LogP contribution in [0, 0.1) is 0 Å². The smallest absolute Gasteiger partial charge is 0.410 e. The Balaban J connectivity index is 1.32. The number of carbonyl (C=O) groups excluding carboxylic acids is 1. The molecule has 2 aliphatic carbocycles. The Morgan fingerprint density at radius 2 is 2.06 bits per heavy atom. The van der Waals surface area contributed by atoms with Crippen LogP contribution < -0.4 is 5.32 Å². The first-order valence-corrected chi connectivity index (χ1v) is 11.3. The van der Waals surface area contributed by atoms with Gasteiger partial charge in [0, 0.05) is 24.4 Å². The van der Waals surface area contributed by atoms with Gasteiger partial charge in [-0.1, -0.05) is 48.1 Å². The van der Waals surface area contributed by atoms with Crippen LogP contribution in [-0.4, -0.2) is 53.4 Å². The molecule has 31 heavy (non-hydrogen) atoms. The van der Waals surface area contributed by atoms with Crippen LogP contribution in [0.4, 0.5) is 4.79 Å². The van der Waals surface area contributed by atoms with E-state index in [-0.39, 0.29) is 24.2 Å². The van der Waals surface area contributed by atoms with Crippen molar-refractivity contribution in [2.75, 3.05) is 26.2 Å². The maximum atomic E-state index is 12.9. The summed E-state index contributed by atoms with van der Waals surface area (Å²) < 4.78 is 11.1. The van der Waals surface area contributed by atoms with Crippen molar-refractivity contribution in [1.29, 1.82) is 0 Å². The zero-order valence-corrected chi connectivity index (χ0v) is 17.8. The first-order valence-electron chi connectivity index (χ1n) is 11.3. The van der Waals surface area contributed by atoms with Gasteiger partial charge in [0.1, 0.15) is 6.61 Å². The molecule has 5 rings (SSSR count). The molecule has 1 amide bonds. The topological polar surface area (TPSA) is 80.5 Å². The Morgan fingerprint density at radius 1 is 1.29 bits per heavy atom. The van der Waals surface area contributed by atoms with Gasteiger partial charge in [-0.15, -0.1) is 0 Å². The Hall–Kier alpha value is -2.67. The van der Waals surface area contributed by atoms with Crippen LogP contribution in [0.25, 0.3) is 0 Å². The molecular formula is C24H30N4O3. The molecule has 164 valence electrons. The van der Waals surface area contributed by atoms with E-state index in [0.29, 0.717) is 18.4 Å². The normalized spacial score (nSPS) is 24.4. The molecule has 3 aliphatic rings. The number of piperidine rings is 1. The summed E-state index contributed by atoms with van der Waals surface area (Å²) in [5, 5.41) is 7.73. The van der Waals surface area contributed by atoms with Crippen LogP contribution in [0.1, 0.15) is 61.2 Å². The van der Waals surface area contributed by atoms with Crippen molar-refractivity contribution in [1.82, 2.24) is 20.4 Å². The van der Waals surface area contributed by atoms with E-state index < -0.39 is 0 Å². The summed E-state index contributed by atoms with van der Waals surface area (Å²) in [4.78, 5) is 19.6. The molecule has 0 bridgehead atoms. The largest absolute Gasteiger partial charge is 0.445 e. The van der Waals surface area contributed by atoms with Crippen LogP contribution >= 0.6 is 0 Å². The predicted octanol–water partition coefficient (Wildman–Crippen LogP) is 3.75. The molecule has 2 atom stereocenters. The first kappa shape index (κ1) is 20.2. The second kappa shape index (κ2) is 8.46. The molecule has 1 aromatic heterocycles. The van der Waals surface area contributed by atoms with E-state index >= 15 is 0 Å². The Kier molecular flexibility index (Phi) is 5.52. The van der Waals surface area contributed by atoms with Gasteiger partial charge in [0.05, 0.1) is 5.41 Å². The van der Waals surface area contributed by atoms with Gasteiger partial charge in [-0.2, -0.15) is 4.98 Å². The SMILES string of the molecule is C=CCOC(=O)N(CC1(c2noc(C3CCNCC3)n2)CC1)C1CC1c1ccccc1. The zero-order chi connectivity index (χ0) is 21.3. The third-order valence-corrected chi connectivity index (χ3v) is 6.88. The molecular weight excluding hydrogens is 392 g/mol. The minimum atomic E-state index is -0.281. The van der Waals surface area contributed by atoms with Gasteiger partial charge in [-0.05, 0) is 50.8 Å². The minimum Gasteiger partial charge on any atom is -0.445 e.